The van der Waals surface area contributed by atoms with Crippen LogP contribution >= 0.6 is 0 Å². The first-order valence-corrected chi connectivity index (χ1v) is 14.5. The molecule has 0 aliphatic carbocycles. The fourth-order valence-corrected chi connectivity index (χ4v) is 5.09. The van der Waals surface area contributed by atoms with E-state index in [2.05, 4.69) is 105 Å². The fourth-order valence-electron chi connectivity index (χ4n) is 5.09. The van der Waals surface area contributed by atoms with Crippen molar-refractivity contribution in [2.75, 3.05) is 0 Å². The topological polar surface area (TPSA) is 50.9 Å². The van der Waals surface area contributed by atoms with Crippen LogP contribution in [0, 0.1) is 0 Å². The Hall–Kier alpha value is -5.36. The summed E-state index contributed by atoms with van der Waals surface area (Å²) in [5.41, 5.74) is 4.26. The number of aromatic nitrogens is 2. The number of pyridine rings is 2. The standard InChI is InChI=1S/C37H34N4O2/c1-3-14-36-32(8-1)10-5-12-34(36)28-42-38-26-30-16-22-40(23-17-30)20-7-21-41-24-18-31(19-25-41)27-39-43-29-35-13-6-11-33-9-2-4-15-37(33)35/h1-6,8-19,22-27H,7,20-21,28-29H2/q+2/b38-26+,39-27+. The van der Waals surface area contributed by atoms with Crippen molar-refractivity contribution in [3.8, 4) is 0 Å². The normalized spacial score (nSPS) is 11.5. The molecule has 6 rings (SSSR count). The summed E-state index contributed by atoms with van der Waals surface area (Å²) < 4.78 is 4.37. The van der Waals surface area contributed by atoms with Crippen LogP contribution in [0.2, 0.25) is 0 Å². The Morgan fingerprint density at radius 3 is 1.37 bits per heavy atom. The Bertz CT molecular complexity index is 1700. The van der Waals surface area contributed by atoms with Gasteiger partial charge in [-0.25, -0.2) is 9.13 Å². The zero-order chi connectivity index (χ0) is 29.1. The molecule has 0 N–H and O–H groups in total. The van der Waals surface area contributed by atoms with Gasteiger partial charge in [0, 0.05) is 35.4 Å². The number of fused-ring (bicyclic) bond motifs is 2. The molecule has 2 aromatic heterocycles. The van der Waals surface area contributed by atoms with Gasteiger partial charge >= 0.3 is 0 Å². The summed E-state index contributed by atoms with van der Waals surface area (Å²) in [5.74, 6) is 0. The summed E-state index contributed by atoms with van der Waals surface area (Å²) >= 11 is 0. The number of nitrogens with zero attached hydrogens (tertiary/aromatic N) is 4. The molecular formula is C37H34N4O2+2. The molecule has 0 fully saturated rings. The van der Waals surface area contributed by atoms with Crippen LogP contribution in [0.5, 0.6) is 0 Å². The summed E-state index contributed by atoms with van der Waals surface area (Å²) in [6, 6.07) is 37.3. The van der Waals surface area contributed by atoms with E-state index in [4.69, 9.17) is 9.68 Å². The van der Waals surface area contributed by atoms with Crippen LogP contribution in [0.25, 0.3) is 21.5 Å². The van der Waals surface area contributed by atoms with Gasteiger partial charge in [-0.2, -0.15) is 0 Å². The number of aryl methyl sites for hydroxylation is 2. The number of hydrogen-bond acceptors (Lipinski definition) is 4. The third kappa shape index (κ3) is 7.49. The van der Waals surface area contributed by atoms with Crippen molar-refractivity contribution in [2.45, 2.75) is 32.7 Å². The Labute approximate surface area is 251 Å². The van der Waals surface area contributed by atoms with E-state index in [0.717, 1.165) is 41.8 Å². The molecule has 0 radical (unpaired) electrons. The predicted molar refractivity (Wildman–Crippen MR) is 171 cm³/mol. The lowest BCUT2D eigenvalue weighted by atomic mass is 10.1. The Kier molecular flexibility index (Phi) is 9.05. The second-order valence-electron chi connectivity index (χ2n) is 10.4. The first-order valence-electron chi connectivity index (χ1n) is 14.5. The first kappa shape index (κ1) is 27.8. The van der Waals surface area contributed by atoms with Crippen molar-refractivity contribution >= 4 is 34.0 Å². The molecule has 0 spiro atoms. The van der Waals surface area contributed by atoms with Gasteiger partial charge in [0.1, 0.15) is 13.2 Å². The quantitative estimate of drug-likeness (QED) is 0.0934. The molecule has 6 nitrogen and oxygen atoms in total. The Morgan fingerprint density at radius 1 is 0.488 bits per heavy atom. The molecule has 0 bridgehead atoms. The second kappa shape index (κ2) is 14.0. The highest BCUT2D eigenvalue weighted by Gasteiger charge is 2.06. The van der Waals surface area contributed by atoms with Gasteiger partial charge in [-0.1, -0.05) is 95.2 Å². The minimum atomic E-state index is 0.440. The van der Waals surface area contributed by atoms with E-state index in [1.807, 2.05) is 48.5 Å². The van der Waals surface area contributed by atoms with E-state index in [1.54, 1.807) is 12.4 Å². The summed E-state index contributed by atoms with van der Waals surface area (Å²) in [6.07, 6.45) is 12.8. The van der Waals surface area contributed by atoms with Crippen LogP contribution < -0.4 is 9.13 Å². The molecule has 43 heavy (non-hydrogen) atoms. The van der Waals surface area contributed by atoms with Crippen molar-refractivity contribution in [3.05, 3.63) is 156 Å². The summed E-state index contributed by atoms with van der Waals surface area (Å²) in [4.78, 5) is 11.2. The summed E-state index contributed by atoms with van der Waals surface area (Å²) in [7, 11) is 0. The van der Waals surface area contributed by atoms with Crippen molar-refractivity contribution in [3.63, 3.8) is 0 Å². The second-order valence-corrected chi connectivity index (χ2v) is 10.4. The van der Waals surface area contributed by atoms with Gasteiger partial charge in [-0.05, 0) is 32.7 Å². The van der Waals surface area contributed by atoms with Gasteiger partial charge in [0.25, 0.3) is 0 Å². The highest BCUT2D eigenvalue weighted by Crippen LogP contribution is 2.20. The molecule has 0 aliphatic rings. The minimum absolute atomic E-state index is 0.440. The zero-order valence-corrected chi connectivity index (χ0v) is 24.0. The maximum atomic E-state index is 5.59. The lowest BCUT2D eigenvalue weighted by molar-refractivity contribution is -0.726. The molecule has 6 aromatic rings. The van der Waals surface area contributed by atoms with E-state index in [1.165, 1.54) is 21.5 Å². The molecule has 0 saturated carbocycles. The van der Waals surface area contributed by atoms with Gasteiger partial charge in [0.05, 0.1) is 18.9 Å². The van der Waals surface area contributed by atoms with E-state index >= 15 is 0 Å². The van der Waals surface area contributed by atoms with E-state index in [9.17, 15) is 0 Å². The molecule has 2 heterocycles. The van der Waals surface area contributed by atoms with Crippen molar-refractivity contribution in [1.82, 2.24) is 0 Å². The minimum Gasteiger partial charge on any atom is -0.391 e. The monoisotopic (exact) mass is 566 g/mol. The van der Waals surface area contributed by atoms with Crippen LogP contribution in [-0.4, -0.2) is 12.4 Å². The SMILES string of the molecule is C(=N\OCc1cccc2ccccc12)/c1cc[n+](CCC[n+]2ccc(/C=N/OCc3cccc4ccccc34)cc2)cc1. The van der Waals surface area contributed by atoms with Crippen molar-refractivity contribution in [1.29, 1.82) is 0 Å². The molecule has 4 aromatic carbocycles. The molecule has 0 atom stereocenters. The number of benzene rings is 4. The van der Waals surface area contributed by atoms with Gasteiger partial charge in [0.15, 0.2) is 37.9 Å². The van der Waals surface area contributed by atoms with Crippen LogP contribution in [-0.2, 0) is 36.0 Å². The third-order valence-corrected chi connectivity index (χ3v) is 7.42. The van der Waals surface area contributed by atoms with Crippen LogP contribution in [0.15, 0.2) is 144 Å². The maximum Gasteiger partial charge on any atom is 0.169 e. The van der Waals surface area contributed by atoms with E-state index < -0.39 is 0 Å². The lowest BCUT2D eigenvalue weighted by Gasteiger charge is -2.05. The Morgan fingerprint density at radius 2 is 0.907 bits per heavy atom. The van der Waals surface area contributed by atoms with E-state index in [-0.39, 0.29) is 0 Å². The number of hydrogen-bond donors (Lipinski definition) is 0. The average Bonchev–Trinajstić information content (AvgIpc) is 3.06. The highest BCUT2D eigenvalue weighted by molar-refractivity contribution is 5.86. The highest BCUT2D eigenvalue weighted by atomic mass is 16.6. The first-order chi connectivity index (χ1) is 21.3. The van der Waals surface area contributed by atoms with Crippen molar-refractivity contribution < 1.29 is 18.8 Å². The van der Waals surface area contributed by atoms with Gasteiger partial charge in [-0.15, -0.1) is 0 Å². The van der Waals surface area contributed by atoms with Gasteiger partial charge in [0.2, 0.25) is 0 Å². The molecule has 0 amide bonds. The average molecular weight is 567 g/mol. The smallest absolute Gasteiger partial charge is 0.169 e. The molecule has 212 valence electrons. The Balaban J connectivity index is 0.917. The number of oxime groups is 2. The fraction of sp³-hybridized carbons (Fsp3) is 0.135. The lowest BCUT2D eigenvalue weighted by Crippen LogP contribution is -2.38. The van der Waals surface area contributed by atoms with Crippen LogP contribution in [0.3, 0.4) is 0 Å². The molecular weight excluding hydrogens is 532 g/mol. The molecule has 0 aliphatic heterocycles. The van der Waals surface area contributed by atoms with Crippen LogP contribution in [0.1, 0.15) is 28.7 Å². The van der Waals surface area contributed by atoms with Crippen molar-refractivity contribution in [2.24, 2.45) is 10.3 Å². The zero-order valence-electron chi connectivity index (χ0n) is 24.0. The molecule has 6 heteroatoms. The van der Waals surface area contributed by atoms with Gasteiger partial charge in [-0.3, -0.25) is 0 Å². The number of rotatable bonds is 12. The maximum absolute atomic E-state index is 5.59. The third-order valence-electron chi connectivity index (χ3n) is 7.42. The molecule has 0 saturated heterocycles. The predicted octanol–water partition coefficient (Wildman–Crippen LogP) is 6.76. The molecule has 0 unspecified atom stereocenters. The van der Waals surface area contributed by atoms with Crippen LogP contribution in [0.4, 0.5) is 0 Å². The van der Waals surface area contributed by atoms with E-state index in [0.29, 0.717) is 13.2 Å². The largest absolute Gasteiger partial charge is 0.391 e. The summed E-state index contributed by atoms with van der Waals surface area (Å²) in [5, 5.41) is 13.2. The summed E-state index contributed by atoms with van der Waals surface area (Å²) in [6.45, 7) is 2.73. The van der Waals surface area contributed by atoms with Gasteiger partial charge < -0.3 is 9.68 Å².